The van der Waals surface area contributed by atoms with Crippen molar-refractivity contribution in [2.45, 2.75) is 19.7 Å². The van der Waals surface area contributed by atoms with Crippen molar-refractivity contribution in [3.63, 3.8) is 0 Å². The highest BCUT2D eigenvalue weighted by molar-refractivity contribution is 5.28. The van der Waals surface area contributed by atoms with E-state index in [1.165, 1.54) is 0 Å². The summed E-state index contributed by atoms with van der Waals surface area (Å²) in [4.78, 5) is 4.30. The van der Waals surface area contributed by atoms with Crippen LogP contribution in [0.25, 0.3) is 0 Å². The van der Waals surface area contributed by atoms with Gasteiger partial charge in [-0.1, -0.05) is 30.3 Å². The molecule has 0 aliphatic carbocycles. The van der Waals surface area contributed by atoms with Gasteiger partial charge in [-0.2, -0.15) is 0 Å². The third kappa shape index (κ3) is 3.29. The van der Waals surface area contributed by atoms with E-state index in [1.54, 1.807) is 0 Å². The summed E-state index contributed by atoms with van der Waals surface area (Å²) in [7, 11) is 0. The molecule has 4 nitrogen and oxygen atoms in total. The number of rotatable bonds is 5. The monoisotopic (exact) mass is 243 g/mol. The molecule has 94 valence electrons. The van der Waals surface area contributed by atoms with Crippen LogP contribution in [0, 0.1) is 0 Å². The molecule has 0 saturated carbocycles. The van der Waals surface area contributed by atoms with Gasteiger partial charge in [-0.15, -0.1) is 0 Å². The van der Waals surface area contributed by atoms with Gasteiger partial charge in [0.2, 0.25) is 0 Å². The number of nitrogens with zero attached hydrogens (tertiary/aromatic N) is 1. The highest BCUT2D eigenvalue weighted by Crippen LogP contribution is 2.16. The first kappa shape index (κ1) is 12.5. The highest BCUT2D eigenvalue weighted by Gasteiger charge is 2.02. The number of nitrogens with two attached hydrogens (primary N) is 2. The van der Waals surface area contributed by atoms with E-state index in [9.17, 15) is 0 Å². The van der Waals surface area contributed by atoms with Gasteiger partial charge < -0.3 is 16.2 Å². The van der Waals surface area contributed by atoms with Gasteiger partial charge in [-0.3, -0.25) is 4.98 Å². The molecule has 2 aromatic rings. The second kappa shape index (κ2) is 6.14. The largest absolute Gasteiger partial charge is 0.489 e. The molecular formula is C14H17N3O. The molecule has 1 aromatic heterocycles. The standard InChI is InChI=1S/C14H17N3O/c15-8-12-6-14(7-13(9-16)17-12)18-10-11-4-2-1-3-5-11/h1-7H,8-10,15-16H2. The summed E-state index contributed by atoms with van der Waals surface area (Å²) in [5.74, 6) is 0.759. The van der Waals surface area contributed by atoms with Gasteiger partial charge in [0.15, 0.2) is 0 Å². The number of benzene rings is 1. The first-order chi connectivity index (χ1) is 8.81. The SMILES string of the molecule is NCc1cc(OCc2ccccc2)cc(CN)n1. The molecule has 1 heterocycles. The van der Waals surface area contributed by atoms with E-state index in [0.717, 1.165) is 22.7 Å². The summed E-state index contributed by atoms with van der Waals surface area (Å²) >= 11 is 0. The molecule has 0 aliphatic rings. The topological polar surface area (TPSA) is 74.2 Å². The minimum atomic E-state index is 0.384. The zero-order valence-electron chi connectivity index (χ0n) is 10.2. The third-order valence-corrected chi connectivity index (χ3v) is 2.57. The molecule has 0 amide bonds. The van der Waals surface area contributed by atoms with Crippen molar-refractivity contribution < 1.29 is 4.74 Å². The Morgan fingerprint density at radius 1 is 0.944 bits per heavy atom. The smallest absolute Gasteiger partial charge is 0.123 e. The maximum absolute atomic E-state index is 5.73. The first-order valence-electron chi connectivity index (χ1n) is 5.88. The summed E-state index contributed by atoms with van der Waals surface area (Å²) in [6, 6.07) is 13.7. The van der Waals surface area contributed by atoms with Gasteiger partial charge in [-0.25, -0.2) is 0 Å². The number of ether oxygens (including phenoxy) is 1. The molecule has 0 radical (unpaired) electrons. The van der Waals surface area contributed by atoms with Gasteiger partial charge in [0.25, 0.3) is 0 Å². The van der Waals surface area contributed by atoms with Gasteiger partial charge in [-0.05, 0) is 5.56 Å². The molecule has 4 heteroatoms. The zero-order chi connectivity index (χ0) is 12.8. The van der Waals surface area contributed by atoms with Crippen LogP contribution in [0.4, 0.5) is 0 Å². The van der Waals surface area contributed by atoms with Gasteiger partial charge >= 0.3 is 0 Å². The Balaban J connectivity index is 2.09. The fourth-order valence-electron chi connectivity index (χ4n) is 1.65. The Morgan fingerprint density at radius 3 is 2.11 bits per heavy atom. The molecular weight excluding hydrogens is 226 g/mol. The van der Waals surface area contributed by atoms with Crippen LogP contribution in [-0.4, -0.2) is 4.98 Å². The molecule has 4 N–H and O–H groups in total. The molecule has 0 fully saturated rings. The average Bonchev–Trinajstić information content (AvgIpc) is 2.45. The first-order valence-corrected chi connectivity index (χ1v) is 5.88. The predicted molar refractivity (Wildman–Crippen MR) is 70.8 cm³/mol. The molecule has 0 atom stereocenters. The van der Waals surface area contributed by atoms with Gasteiger partial charge in [0.1, 0.15) is 12.4 Å². The van der Waals surface area contributed by atoms with Crippen LogP contribution in [0.3, 0.4) is 0 Å². The second-order valence-corrected chi connectivity index (χ2v) is 3.97. The lowest BCUT2D eigenvalue weighted by atomic mass is 10.2. The number of aromatic nitrogens is 1. The van der Waals surface area contributed by atoms with E-state index in [1.807, 2.05) is 42.5 Å². The van der Waals surface area contributed by atoms with Crippen LogP contribution in [0.1, 0.15) is 17.0 Å². The van der Waals surface area contributed by atoms with Crippen LogP contribution in [0.5, 0.6) is 5.75 Å². The number of hydrogen-bond acceptors (Lipinski definition) is 4. The van der Waals surface area contributed by atoms with E-state index in [4.69, 9.17) is 16.2 Å². The molecule has 1 aromatic carbocycles. The quantitative estimate of drug-likeness (QED) is 0.836. The summed E-state index contributed by atoms with van der Waals surface area (Å²) < 4.78 is 5.73. The molecule has 18 heavy (non-hydrogen) atoms. The third-order valence-electron chi connectivity index (χ3n) is 2.57. The van der Waals surface area contributed by atoms with E-state index < -0.39 is 0 Å². The minimum Gasteiger partial charge on any atom is -0.489 e. The van der Waals surface area contributed by atoms with Gasteiger partial charge in [0, 0.05) is 25.2 Å². The van der Waals surface area contributed by atoms with Crippen LogP contribution >= 0.6 is 0 Å². The number of pyridine rings is 1. The summed E-state index contributed by atoms with van der Waals surface area (Å²) in [6.07, 6.45) is 0. The Kier molecular flexibility index (Phi) is 4.28. The van der Waals surface area contributed by atoms with Crippen molar-refractivity contribution in [3.8, 4) is 5.75 Å². The van der Waals surface area contributed by atoms with Crippen molar-refractivity contribution in [2.75, 3.05) is 0 Å². The van der Waals surface area contributed by atoms with E-state index in [-0.39, 0.29) is 0 Å². The molecule has 0 saturated heterocycles. The van der Waals surface area contributed by atoms with Crippen molar-refractivity contribution in [3.05, 3.63) is 59.4 Å². The Labute approximate surface area is 107 Å². The second-order valence-electron chi connectivity index (χ2n) is 3.97. The Morgan fingerprint density at radius 2 is 1.56 bits per heavy atom. The summed E-state index contributed by atoms with van der Waals surface area (Å²) in [5.41, 5.74) is 13.9. The van der Waals surface area contributed by atoms with E-state index in [0.29, 0.717) is 19.7 Å². The maximum Gasteiger partial charge on any atom is 0.123 e. The fourth-order valence-corrected chi connectivity index (χ4v) is 1.65. The fraction of sp³-hybridized carbons (Fsp3) is 0.214. The van der Waals surface area contributed by atoms with E-state index in [2.05, 4.69) is 4.98 Å². The van der Waals surface area contributed by atoms with Crippen molar-refractivity contribution in [1.29, 1.82) is 0 Å². The lowest BCUT2D eigenvalue weighted by Gasteiger charge is -2.09. The van der Waals surface area contributed by atoms with Crippen LogP contribution in [0.2, 0.25) is 0 Å². The van der Waals surface area contributed by atoms with Gasteiger partial charge in [0.05, 0.1) is 11.4 Å². The zero-order valence-corrected chi connectivity index (χ0v) is 10.2. The maximum atomic E-state index is 5.73. The molecule has 0 unspecified atom stereocenters. The Hall–Kier alpha value is -1.91. The molecule has 0 aliphatic heterocycles. The van der Waals surface area contributed by atoms with Crippen LogP contribution < -0.4 is 16.2 Å². The van der Waals surface area contributed by atoms with Crippen LogP contribution in [0.15, 0.2) is 42.5 Å². The van der Waals surface area contributed by atoms with E-state index >= 15 is 0 Å². The summed E-state index contributed by atoms with van der Waals surface area (Å²) in [6.45, 7) is 1.30. The van der Waals surface area contributed by atoms with Crippen molar-refractivity contribution >= 4 is 0 Å². The average molecular weight is 243 g/mol. The molecule has 0 bridgehead atoms. The minimum absolute atomic E-state index is 0.384. The lowest BCUT2D eigenvalue weighted by molar-refractivity contribution is 0.305. The van der Waals surface area contributed by atoms with Crippen LogP contribution in [-0.2, 0) is 19.7 Å². The lowest BCUT2D eigenvalue weighted by Crippen LogP contribution is -2.07. The van der Waals surface area contributed by atoms with Crippen molar-refractivity contribution in [1.82, 2.24) is 4.98 Å². The predicted octanol–water partition coefficient (Wildman–Crippen LogP) is 1.58. The number of hydrogen-bond donors (Lipinski definition) is 2. The molecule has 2 rings (SSSR count). The summed E-state index contributed by atoms with van der Waals surface area (Å²) in [5, 5.41) is 0. The Bertz CT molecular complexity index is 477. The highest BCUT2D eigenvalue weighted by atomic mass is 16.5. The van der Waals surface area contributed by atoms with Crippen molar-refractivity contribution in [2.24, 2.45) is 11.5 Å². The molecule has 0 spiro atoms. The normalized spacial score (nSPS) is 10.3.